The van der Waals surface area contributed by atoms with Gasteiger partial charge in [-0.25, -0.2) is 0 Å². The number of phenolic OH excluding ortho intramolecular Hbond substituents is 1. The van der Waals surface area contributed by atoms with Crippen LogP contribution in [0.3, 0.4) is 0 Å². The number of rotatable bonds is 3. The lowest BCUT2D eigenvalue weighted by Crippen LogP contribution is -1.90. The van der Waals surface area contributed by atoms with Crippen molar-refractivity contribution in [2.45, 2.75) is 13.0 Å². The monoisotopic (exact) mass is 281 g/mol. The van der Waals surface area contributed by atoms with Gasteiger partial charge in [0.05, 0.1) is 6.04 Å². The standard InChI is InChI=1S/C17H15NOS/c1-12(17-7-4-10-20-17)18-11-15-14-6-3-2-5-13(14)8-9-16(15)19/h2-12,19H,1H3/t12-/m1/s1. The van der Waals surface area contributed by atoms with E-state index < -0.39 is 0 Å². The number of phenols is 1. The highest BCUT2D eigenvalue weighted by atomic mass is 32.1. The lowest BCUT2D eigenvalue weighted by atomic mass is 10.0. The molecule has 1 heterocycles. The first-order chi connectivity index (χ1) is 9.75. The summed E-state index contributed by atoms with van der Waals surface area (Å²) < 4.78 is 0. The van der Waals surface area contributed by atoms with Crippen molar-refractivity contribution in [3.63, 3.8) is 0 Å². The average Bonchev–Trinajstić information content (AvgIpc) is 3.00. The molecule has 2 nitrogen and oxygen atoms in total. The molecule has 0 aliphatic heterocycles. The zero-order valence-corrected chi connectivity index (χ0v) is 12.0. The van der Waals surface area contributed by atoms with Crippen LogP contribution >= 0.6 is 11.3 Å². The van der Waals surface area contributed by atoms with E-state index in [-0.39, 0.29) is 11.8 Å². The second-order valence-corrected chi connectivity index (χ2v) is 5.67. The summed E-state index contributed by atoms with van der Waals surface area (Å²) in [5, 5.41) is 14.2. The second-order valence-electron chi connectivity index (χ2n) is 4.69. The third kappa shape index (κ3) is 2.45. The average molecular weight is 281 g/mol. The Kier molecular flexibility index (Phi) is 3.52. The van der Waals surface area contributed by atoms with Gasteiger partial charge >= 0.3 is 0 Å². The lowest BCUT2D eigenvalue weighted by Gasteiger charge is -2.06. The molecular weight excluding hydrogens is 266 g/mol. The molecule has 0 unspecified atom stereocenters. The SMILES string of the molecule is C[C@@H](N=Cc1c(O)ccc2ccccc12)c1cccs1. The normalized spacial score (nSPS) is 13.1. The van der Waals surface area contributed by atoms with Crippen molar-refractivity contribution in [3.05, 3.63) is 64.4 Å². The Labute approximate surface area is 122 Å². The van der Waals surface area contributed by atoms with Gasteiger partial charge in [0, 0.05) is 16.7 Å². The molecule has 0 spiro atoms. The Bertz CT molecular complexity index is 747. The summed E-state index contributed by atoms with van der Waals surface area (Å²) in [6.45, 7) is 2.06. The van der Waals surface area contributed by atoms with E-state index in [2.05, 4.69) is 23.4 Å². The lowest BCUT2D eigenvalue weighted by molar-refractivity contribution is 0.475. The van der Waals surface area contributed by atoms with Crippen LogP contribution in [0.5, 0.6) is 5.75 Å². The summed E-state index contributed by atoms with van der Waals surface area (Å²) in [7, 11) is 0. The molecule has 20 heavy (non-hydrogen) atoms. The van der Waals surface area contributed by atoms with Gasteiger partial charge in [-0.15, -0.1) is 11.3 Å². The van der Waals surface area contributed by atoms with Crippen molar-refractivity contribution in [2.75, 3.05) is 0 Å². The van der Waals surface area contributed by atoms with Crippen LogP contribution in [0.2, 0.25) is 0 Å². The molecule has 0 saturated heterocycles. The van der Waals surface area contributed by atoms with Crippen LogP contribution in [-0.4, -0.2) is 11.3 Å². The Balaban J connectivity index is 2.00. The van der Waals surface area contributed by atoms with Crippen molar-refractivity contribution < 1.29 is 5.11 Å². The van der Waals surface area contributed by atoms with Crippen molar-refractivity contribution in [3.8, 4) is 5.75 Å². The fraction of sp³-hybridized carbons (Fsp3) is 0.118. The number of aliphatic imine (C=N–C) groups is 1. The van der Waals surface area contributed by atoms with E-state index >= 15 is 0 Å². The molecule has 3 aromatic rings. The summed E-state index contributed by atoms with van der Waals surface area (Å²) in [6.07, 6.45) is 1.78. The number of nitrogens with zero attached hydrogens (tertiary/aromatic N) is 1. The number of hydrogen-bond acceptors (Lipinski definition) is 3. The number of hydrogen-bond donors (Lipinski definition) is 1. The maximum atomic E-state index is 10.1. The smallest absolute Gasteiger partial charge is 0.124 e. The highest BCUT2D eigenvalue weighted by Gasteiger charge is 2.06. The molecule has 3 heteroatoms. The number of benzene rings is 2. The van der Waals surface area contributed by atoms with E-state index in [0.29, 0.717) is 0 Å². The largest absolute Gasteiger partial charge is 0.507 e. The van der Waals surface area contributed by atoms with Gasteiger partial charge in [0.15, 0.2) is 0 Å². The molecule has 0 saturated carbocycles. The van der Waals surface area contributed by atoms with E-state index in [9.17, 15) is 5.11 Å². The minimum Gasteiger partial charge on any atom is -0.507 e. The van der Waals surface area contributed by atoms with Gasteiger partial charge in [-0.1, -0.05) is 36.4 Å². The molecule has 0 amide bonds. The van der Waals surface area contributed by atoms with Crippen molar-refractivity contribution in [1.82, 2.24) is 0 Å². The van der Waals surface area contributed by atoms with Crippen LogP contribution in [-0.2, 0) is 0 Å². The molecule has 0 fully saturated rings. The van der Waals surface area contributed by atoms with E-state index in [1.54, 1.807) is 23.6 Å². The van der Waals surface area contributed by atoms with E-state index in [0.717, 1.165) is 16.3 Å². The maximum Gasteiger partial charge on any atom is 0.124 e. The first kappa shape index (κ1) is 12.9. The summed E-state index contributed by atoms with van der Waals surface area (Å²) in [4.78, 5) is 5.80. The third-order valence-electron chi connectivity index (χ3n) is 3.33. The number of thiophene rings is 1. The van der Waals surface area contributed by atoms with Crippen molar-refractivity contribution in [2.24, 2.45) is 4.99 Å². The topological polar surface area (TPSA) is 32.6 Å². The maximum absolute atomic E-state index is 10.1. The summed E-state index contributed by atoms with van der Waals surface area (Å²) >= 11 is 1.70. The molecule has 3 rings (SSSR count). The Morgan fingerprint density at radius 1 is 1.10 bits per heavy atom. The second kappa shape index (κ2) is 5.47. The zero-order chi connectivity index (χ0) is 13.9. The van der Waals surface area contributed by atoms with Gasteiger partial charge in [-0.2, -0.15) is 0 Å². The molecule has 2 aromatic carbocycles. The predicted octanol–water partition coefficient (Wildman–Crippen LogP) is 4.79. The zero-order valence-electron chi connectivity index (χ0n) is 11.2. The summed E-state index contributed by atoms with van der Waals surface area (Å²) in [5.74, 6) is 0.269. The van der Waals surface area contributed by atoms with Crippen LogP contribution in [0.1, 0.15) is 23.4 Å². The summed E-state index contributed by atoms with van der Waals surface area (Å²) in [5.41, 5.74) is 0.784. The van der Waals surface area contributed by atoms with Gasteiger partial charge in [0.1, 0.15) is 5.75 Å². The quantitative estimate of drug-likeness (QED) is 0.688. The first-order valence-corrected chi connectivity index (χ1v) is 7.41. The number of fused-ring (bicyclic) bond motifs is 1. The highest BCUT2D eigenvalue weighted by Crippen LogP contribution is 2.27. The number of aromatic hydroxyl groups is 1. The van der Waals surface area contributed by atoms with E-state index in [4.69, 9.17) is 0 Å². The first-order valence-electron chi connectivity index (χ1n) is 6.53. The van der Waals surface area contributed by atoms with Gasteiger partial charge in [-0.3, -0.25) is 4.99 Å². The molecule has 100 valence electrons. The third-order valence-corrected chi connectivity index (χ3v) is 4.37. The van der Waals surface area contributed by atoms with Gasteiger partial charge in [0.25, 0.3) is 0 Å². The van der Waals surface area contributed by atoms with Crippen molar-refractivity contribution in [1.29, 1.82) is 0 Å². The Morgan fingerprint density at radius 3 is 2.75 bits per heavy atom. The molecular formula is C17H15NOS. The highest BCUT2D eigenvalue weighted by molar-refractivity contribution is 7.10. The Hall–Kier alpha value is -2.13. The molecule has 0 radical (unpaired) electrons. The minimum atomic E-state index is 0.105. The molecule has 0 bridgehead atoms. The van der Waals surface area contributed by atoms with Gasteiger partial charge < -0.3 is 5.11 Å². The van der Waals surface area contributed by atoms with Gasteiger partial charge in [0.2, 0.25) is 0 Å². The summed E-state index contributed by atoms with van der Waals surface area (Å²) in [6, 6.07) is 15.9. The molecule has 0 aliphatic carbocycles. The van der Waals surface area contributed by atoms with Gasteiger partial charge in [-0.05, 0) is 35.2 Å². The van der Waals surface area contributed by atoms with E-state index in [1.807, 2.05) is 36.4 Å². The van der Waals surface area contributed by atoms with Crippen molar-refractivity contribution >= 4 is 28.3 Å². The van der Waals surface area contributed by atoms with Crippen LogP contribution < -0.4 is 0 Å². The molecule has 1 aromatic heterocycles. The Morgan fingerprint density at radius 2 is 1.95 bits per heavy atom. The fourth-order valence-electron chi connectivity index (χ4n) is 2.21. The molecule has 1 atom stereocenters. The van der Waals surface area contributed by atoms with E-state index in [1.165, 1.54) is 4.88 Å². The molecule has 0 aliphatic rings. The fourth-order valence-corrected chi connectivity index (χ4v) is 2.94. The predicted molar refractivity (Wildman–Crippen MR) is 85.9 cm³/mol. The minimum absolute atomic E-state index is 0.105. The molecule has 1 N–H and O–H groups in total. The van der Waals surface area contributed by atoms with Crippen LogP contribution in [0.15, 0.2) is 58.9 Å². The van der Waals surface area contributed by atoms with Crippen LogP contribution in [0.4, 0.5) is 0 Å². The van der Waals surface area contributed by atoms with Crippen LogP contribution in [0, 0.1) is 0 Å². The van der Waals surface area contributed by atoms with Crippen LogP contribution in [0.25, 0.3) is 10.8 Å².